The summed E-state index contributed by atoms with van der Waals surface area (Å²) in [7, 11) is 0. The summed E-state index contributed by atoms with van der Waals surface area (Å²) in [4.78, 5) is 19.4. The summed E-state index contributed by atoms with van der Waals surface area (Å²) in [5.41, 5.74) is 1.01. The van der Waals surface area contributed by atoms with Crippen molar-refractivity contribution in [2.75, 3.05) is 0 Å². The quantitative estimate of drug-likeness (QED) is 0.541. The first-order chi connectivity index (χ1) is 9.72. The number of aromatic nitrogens is 3. The molecule has 0 amide bonds. The largest absolute Gasteiger partial charge is 0.283 e. The van der Waals surface area contributed by atoms with Gasteiger partial charge in [-0.3, -0.25) is 4.79 Å². The molecule has 0 aliphatic heterocycles. The highest BCUT2D eigenvalue weighted by Gasteiger charge is 2.13. The van der Waals surface area contributed by atoms with E-state index in [1.165, 1.54) is 15.9 Å². The van der Waals surface area contributed by atoms with Crippen LogP contribution in [0.3, 0.4) is 0 Å². The zero-order chi connectivity index (χ0) is 13.7. The number of fused-ring (bicyclic) bond motifs is 2. The Balaban J connectivity index is 2.05. The van der Waals surface area contributed by atoms with Crippen LogP contribution in [0, 0.1) is 6.92 Å². The van der Waals surface area contributed by atoms with Crippen molar-refractivity contribution in [1.29, 1.82) is 0 Å². The van der Waals surface area contributed by atoms with E-state index in [0.717, 1.165) is 20.3 Å². The van der Waals surface area contributed by atoms with Crippen LogP contribution in [0.5, 0.6) is 0 Å². The maximum Gasteiger partial charge on any atom is 0.283 e. The summed E-state index contributed by atoms with van der Waals surface area (Å²) in [6.07, 6.45) is 0. The zero-order valence-electron chi connectivity index (χ0n) is 10.5. The van der Waals surface area contributed by atoms with Crippen molar-refractivity contribution < 1.29 is 0 Å². The standard InChI is InChI=1S/C14H9N3OS2/c1-8-16-17-13(18)10-7-11(9-5-3-2-4-6-9)20-12(10)15-14(17)19-8/h2-7H,1H3. The molecule has 20 heavy (non-hydrogen) atoms. The number of hydrogen-bond acceptors (Lipinski definition) is 5. The van der Waals surface area contributed by atoms with Crippen molar-refractivity contribution >= 4 is 37.9 Å². The molecular formula is C14H9N3OS2. The Morgan fingerprint density at radius 3 is 2.75 bits per heavy atom. The molecule has 1 aromatic carbocycles. The summed E-state index contributed by atoms with van der Waals surface area (Å²) >= 11 is 2.98. The summed E-state index contributed by atoms with van der Waals surface area (Å²) in [6, 6.07) is 11.9. The molecule has 4 aromatic rings. The van der Waals surface area contributed by atoms with Gasteiger partial charge in [-0.05, 0) is 18.6 Å². The number of hydrogen-bond donors (Lipinski definition) is 0. The van der Waals surface area contributed by atoms with E-state index in [2.05, 4.69) is 10.1 Å². The lowest BCUT2D eigenvalue weighted by atomic mass is 10.2. The van der Waals surface area contributed by atoms with Crippen LogP contribution in [-0.4, -0.2) is 14.6 Å². The molecule has 6 heteroatoms. The summed E-state index contributed by atoms with van der Waals surface area (Å²) in [6.45, 7) is 1.88. The SMILES string of the molecule is Cc1nn2c(=O)c3cc(-c4ccccc4)sc3nc2s1. The Bertz CT molecular complexity index is 982. The van der Waals surface area contributed by atoms with E-state index in [9.17, 15) is 4.79 Å². The lowest BCUT2D eigenvalue weighted by Gasteiger charge is -1.93. The average molecular weight is 299 g/mol. The minimum absolute atomic E-state index is 0.0900. The number of thiophene rings is 1. The van der Waals surface area contributed by atoms with Crippen molar-refractivity contribution in [2.24, 2.45) is 0 Å². The summed E-state index contributed by atoms with van der Waals surface area (Å²) < 4.78 is 1.39. The molecule has 0 atom stereocenters. The van der Waals surface area contributed by atoms with Crippen LogP contribution in [-0.2, 0) is 0 Å². The molecule has 0 unspecified atom stereocenters. The fraction of sp³-hybridized carbons (Fsp3) is 0.0714. The fourth-order valence-corrected chi connectivity index (χ4v) is 3.96. The van der Waals surface area contributed by atoms with Crippen molar-refractivity contribution in [3.8, 4) is 10.4 Å². The molecule has 0 N–H and O–H groups in total. The third-order valence-corrected chi connectivity index (χ3v) is 4.95. The van der Waals surface area contributed by atoms with Gasteiger partial charge < -0.3 is 0 Å². The van der Waals surface area contributed by atoms with E-state index >= 15 is 0 Å². The van der Waals surface area contributed by atoms with E-state index in [4.69, 9.17) is 0 Å². The highest BCUT2D eigenvalue weighted by Crippen LogP contribution is 2.31. The molecule has 3 aromatic heterocycles. The smallest absolute Gasteiger partial charge is 0.267 e. The highest BCUT2D eigenvalue weighted by atomic mass is 32.1. The lowest BCUT2D eigenvalue weighted by Crippen LogP contribution is -2.14. The molecule has 0 aliphatic carbocycles. The first-order valence-electron chi connectivity index (χ1n) is 6.08. The maximum atomic E-state index is 12.4. The normalized spacial score (nSPS) is 11.4. The number of aryl methyl sites for hydroxylation is 1. The van der Waals surface area contributed by atoms with Crippen LogP contribution in [0.15, 0.2) is 41.2 Å². The molecule has 4 rings (SSSR count). The maximum absolute atomic E-state index is 12.4. The predicted octanol–water partition coefficient (Wildman–Crippen LogP) is 3.34. The third kappa shape index (κ3) is 1.69. The molecular weight excluding hydrogens is 290 g/mol. The van der Waals surface area contributed by atoms with Crippen molar-refractivity contribution in [3.63, 3.8) is 0 Å². The van der Waals surface area contributed by atoms with Crippen molar-refractivity contribution in [2.45, 2.75) is 6.92 Å². The second kappa shape index (κ2) is 4.22. The monoisotopic (exact) mass is 299 g/mol. The first kappa shape index (κ1) is 11.7. The van der Waals surface area contributed by atoms with E-state index in [-0.39, 0.29) is 5.56 Å². The highest BCUT2D eigenvalue weighted by molar-refractivity contribution is 7.22. The lowest BCUT2D eigenvalue weighted by molar-refractivity contribution is 0.896. The Kier molecular flexibility index (Phi) is 2.48. The van der Waals surface area contributed by atoms with Crippen LogP contribution in [0.2, 0.25) is 0 Å². The van der Waals surface area contributed by atoms with E-state index < -0.39 is 0 Å². The molecule has 3 heterocycles. The minimum atomic E-state index is -0.0900. The van der Waals surface area contributed by atoms with Crippen LogP contribution in [0.4, 0.5) is 0 Å². The topological polar surface area (TPSA) is 47.3 Å². The number of rotatable bonds is 1. The average Bonchev–Trinajstić information content (AvgIpc) is 3.03. The molecule has 0 bridgehead atoms. The molecule has 0 saturated carbocycles. The van der Waals surface area contributed by atoms with Gasteiger partial charge in [0.1, 0.15) is 9.84 Å². The molecule has 98 valence electrons. The predicted molar refractivity (Wildman–Crippen MR) is 82.7 cm³/mol. The van der Waals surface area contributed by atoms with Gasteiger partial charge >= 0.3 is 0 Å². The van der Waals surface area contributed by atoms with Gasteiger partial charge in [0.15, 0.2) is 0 Å². The fourth-order valence-electron chi connectivity index (χ4n) is 2.15. The van der Waals surface area contributed by atoms with Gasteiger partial charge in [0.05, 0.1) is 5.39 Å². The summed E-state index contributed by atoms with van der Waals surface area (Å²) in [5.74, 6) is 0. The van der Waals surface area contributed by atoms with Gasteiger partial charge in [0, 0.05) is 4.88 Å². The van der Waals surface area contributed by atoms with Gasteiger partial charge in [-0.25, -0.2) is 4.98 Å². The first-order valence-corrected chi connectivity index (χ1v) is 7.71. The van der Waals surface area contributed by atoms with E-state index in [1.807, 2.05) is 43.3 Å². The molecule has 0 fully saturated rings. The molecule has 4 nitrogen and oxygen atoms in total. The molecule has 0 aliphatic rings. The van der Waals surface area contributed by atoms with Crippen LogP contribution < -0.4 is 5.56 Å². The zero-order valence-corrected chi connectivity index (χ0v) is 12.2. The molecule has 0 spiro atoms. The Labute approximate surface area is 122 Å². The van der Waals surface area contributed by atoms with Crippen molar-refractivity contribution in [3.05, 3.63) is 51.8 Å². The van der Waals surface area contributed by atoms with Gasteiger partial charge in [-0.15, -0.1) is 11.3 Å². The van der Waals surface area contributed by atoms with E-state index in [1.54, 1.807) is 11.3 Å². The minimum Gasteiger partial charge on any atom is -0.267 e. The Morgan fingerprint density at radius 2 is 1.95 bits per heavy atom. The number of benzene rings is 1. The van der Waals surface area contributed by atoms with Crippen molar-refractivity contribution in [1.82, 2.24) is 14.6 Å². The number of nitrogens with zero attached hydrogens (tertiary/aromatic N) is 3. The van der Waals surface area contributed by atoms with E-state index in [0.29, 0.717) is 10.3 Å². The van der Waals surface area contributed by atoms with Crippen LogP contribution in [0.1, 0.15) is 5.01 Å². The second-order valence-electron chi connectivity index (χ2n) is 4.43. The molecule has 0 radical (unpaired) electrons. The second-order valence-corrected chi connectivity index (χ2v) is 6.62. The van der Waals surface area contributed by atoms with Gasteiger partial charge in [-0.1, -0.05) is 41.7 Å². The van der Waals surface area contributed by atoms with Gasteiger partial charge in [0.2, 0.25) is 4.96 Å². The third-order valence-electron chi connectivity index (χ3n) is 3.05. The van der Waals surface area contributed by atoms with Gasteiger partial charge in [-0.2, -0.15) is 9.61 Å². The van der Waals surface area contributed by atoms with Gasteiger partial charge in [0.25, 0.3) is 5.56 Å². The Hall–Kier alpha value is -2.05. The molecule has 0 saturated heterocycles. The van der Waals surface area contributed by atoms with Crippen LogP contribution in [0.25, 0.3) is 25.6 Å². The van der Waals surface area contributed by atoms with Crippen LogP contribution >= 0.6 is 22.7 Å². The summed E-state index contributed by atoms with van der Waals surface area (Å²) in [5, 5.41) is 5.69. The Morgan fingerprint density at radius 1 is 1.15 bits per heavy atom.